The molecule has 0 aliphatic carbocycles. The topological polar surface area (TPSA) is 46.2 Å². The highest BCUT2D eigenvalue weighted by Gasteiger charge is 2.27. The predicted octanol–water partition coefficient (Wildman–Crippen LogP) is 3.93. The van der Waals surface area contributed by atoms with E-state index < -0.39 is 15.1 Å². The van der Waals surface area contributed by atoms with Gasteiger partial charge in [-0.05, 0) is 51.4 Å². The molecule has 2 atom stereocenters. The van der Waals surface area contributed by atoms with Crippen LogP contribution in [0.15, 0.2) is 23.1 Å². The fourth-order valence-corrected chi connectivity index (χ4v) is 4.29. The van der Waals surface area contributed by atoms with E-state index in [1.165, 1.54) is 12.1 Å². The van der Waals surface area contributed by atoms with Gasteiger partial charge in [-0.25, -0.2) is 8.42 Å². The lowest BCUT2D eigenvalue weighted by Crippen LogP contribution is -2.32. The molecule has 1 N–H and O–H groups in total. The largest absolute Gasteiger partial charge is 0.314 e. The van der Waals surface area contributed by atoms with Crippen molar-refractivity contribution in [2.45, 2.75) is 49.8 Å². The van der Waals surface area contributed by atoms with Crippen LogP contribution in [0.25, 0.3) is 0 Å². The average Bonchev–Trinajstić information content (AvgIpc) is 2.38. The van der Waals surface area contributed by atoms with Crippen LogP contribution in [0, 0.1) is 0 Å². The number of hydrogen-bond donors (Lipinski definition) is 1. The molecular formula is C14H21Cl2NO2S. The SMILES string of the molecule is CCCNC(C)CC(C)S(=O)(=O)c1cc(Cl)ccc1Cl. The lowest BCUT2D eigenvalue weighted by atomic mass is 10.2. The van der Waals surface area contributed by atoms with Crippen molar-refractivity contribution < 1.29 is 8.42 Å². The summed E-state index contributed by atoms with van der Waals surface area (Å²) in [5.41, 5.74) is 0. The quantitative estimate of drug-likeness (QED) is 0.819. The van der Waals surface area contributed by atoms with Gasteiger partial charge in [0.2, 0.25) is 0 Å². The molecule has 1 rings (SSSR count). The van der Waals surface area contributed by atoms with Gasteiger partial charge in [0.1, 0.15) is 0 Å². The van der Waals surface area contributed by atoms with E-state index in [1.807, 2.05) is 6.92 Å². The number of hydrogen-bond acceptors (Lipinski definition) is 3. The van der Waals surface area contributed by atoms with Gasteiger partial charge in [0.15, 0.2) is 9.84 Å². The second-order valence-electron chi connectivity index (χ2n) is 5.02. The Labute approximate surface area is 131 Å². The summed E-state index contributed by atoms with van der Waals surface area (Å²) in [4.78, 5) is 0.113. The molecule has 6 heteroatoms. The maximum Gasteiger partial charge on any atom is 0.182 e. The van der Waals surface area contributed by atoms with Crippen molar-refractivity contribution in [3.8, 4) is 0 Å². The van der Waals surface area contributed by atoms with E-state index in [0.29, 0.717) is 11.4 Å². The molecule has 0 aliphatic rings. The summed E-state index contributed by atoms with van der Waals surface area (Å²) >= 11 is 11.9. The number of benzene rings is 1. The first-order chi connectivity index (χ1) is 9.28. The van der Waals surface area contributed by atoms with Gasteiger partial charge in [-0.2, -0.15) is 0 Å². The van der Waals surface area contributed by atoms with Crippen LogP contribution in [0.2, 0.25) is 10.0 Å². The molecule has 0 radical (unpaired) electrons. The standard InChI is InChI=1S/C14H21Cl2NO2S/c1-4-7-17-10(2)8-11(3)20(18,19)14-9-12(15)5-6-13(14)16/h5-6,9-11,17H,4,7-8H2,1-3H3. The summed E-state index contributed by atoms with van der Waals surface area (Å²) in [6.07, 6.45) is 1.55. The summed E-state index contributed by atoms with van der Waals surface area (Å²) in [6.45, 7) is 6.65. The van der Waals surface area contributed by atoms with Crippen LogP contribution >= 0.6 is 23.2 Å². The van der Waals surface area contributed by atoms with Crippen LogP contribution in [0.3, 0.4) is 0 Å². The van der Waals surface area contributed by atoms with Gasteiger partial charge in [-0.1, -0.05) is 30.1 Å². The highest BCUT2D eigenvalue weighted by molar-refractivity contribution is 7.92. The van der Waals surface area contributed by atoms with Gasteiger partial charge >= 0.3 is 0 Å². The van der Waals surface area contributed by atoms with Crippen LogP contribution < -0.4 is 5.32 Å². The molecule has 0 saturated carbocycles. The zero-order chi connectivity index (χ0) is 15.3. The number of rotatable bonds is 7. The Hall–Kier alpha value is -0.290. The maximum absolute atomic E-state index is 12.5. The molecule has 3 nitrogen and oxygen atoms in total. The summed E-state index contributed by atoms with van der Waals surface area (Å²) < 4.78 is 25.1. The Kier molecular flexibility index (Phi) is 6.79. The van der Waals surface area contributed by atoms with E-state index in [2.05, 4.69) is 12.2 Å². The zero-order valence-corrected chi connectivity index (χ0v) is 14.3. The number of nitrogens with one attached hydrogen (secondary N) is 1. The summed E-state index contributed by atoms with van der Waals surface area (Å²) in [5.74, 6) is 0. The van der Waals surface area contributed by atoms with E-state index in [1.54, 1.807) is 13.0 Å². The number of sulfone groups is 1. The van der Waals surface area contributed by atoms with Crippen LogP contribution in [0.1, 0.15) is 33.6 Å². The smallest absolute Gasteiger partial charge is 0.182 e. The lowest BCUT2D eigenvalue weighted by molar-refractivity contribution is 0.497. The summed E-state index contributed by atoms with van der Waals surface area (Å²) in [5, 5.41) is 3.36. The Morgan fingerprint density at radius 3 is 2.50 bits per heavy atom. The molecule has 0 fully saturated rings. The number of halogens is 2. The molecule has 20 heavy (non-hydrogen) atoms. The summed E-state index contributed by atoms with van der Waals surface area (Å²) in [7, 11) is -3.47. The van der Waals surface area contributed by atoms with E-state index >= 15 is 0 Å². The Bertz CT molecular complexity index is 546. The van der Waals surface area contributed by atoms with Crippen molar-refractivity contribution in [2.24, 2.45) is 0 Å². The molecule has 0 aliphatic heterocycles. The first kappa shape index (κ1) is 17.8. The Balaban J connectivity index is 2.90. The van der Waals surface area contributed by atoms with E-state index in [0.717, 1.165) is 13.0 Å². The van der Waals surface area contributed by atoms with E-state index in [4.69, 9.17) is 23.2 Å². The normalized spacial score (nSPS) is 15.1. The van der Waals surface area contributed by atoms with E-state index in [9.17, 15) is 8.42 Å². The average molecular weight is 338 g/mol. The van der Waals surface area contributed by atoms with Crippen LogP contribution in [0.5, 0.6) is 0 Å². The van der Waals surface area contributed by atoms with Crippen LogP contribution in [0.4, 0.5) is 0 Å². The second-order valence-corrected chi connectivity index (χ2v) is 8.20. The van der Waals surface area contributed by atoms with Gasteiger partial charge in [0.05, 0.1) is 15.2 Å². The molecule has 0 aromatic heterocycles. The van der Waals surface area contributed by atoms with Crippen LogP contribution in [-0.4, -0.2) is 26.3 Å². The minimum Gasteiger partial charge on any atom is -0.314 e. The second kappa shape index (κ2) is 7.64. The molecule has 2 unspecified atom stereocenters. The van der Waals surface area contributed by atoms with Crippen molar-refractivity contribution in [1.29, 1.82) is 0 Å². The maximum atomic E-state index is 12.5. The van der Waals surface area contributed by atoms with Crippen molar-refractivity contribution in [2.75, 3.05) is 6.54 Å². The molecule has 114 valence electrons. The van der Waals surface area contributed by atoms with Gasteiger partial charge in [0, 0.05) is 11.1 Å². The highest BCUT2D eigenvalue weighted by atomic mass is 35.5. The third kappa shape index (κ3) is 4.62. The first-order valence-corrected chi connectivity index (χ1v) is 9.01. The zero-order valence-electron chi connectivity index (χ0n) is 12.0. The van der Waals surface area contributed by atoms with Crippen molar-refractivity contribution >= 4 is 33.0 Å². The van der Waals surface area contributed by atoms with Gasteiger partial charge in [-0.3, -0.25) is 0 Å². The molecular weight excluding hydrogens is 317 g/mol. The van der Waals surface area contributed by atoms with Crippen molar-refractivity contribution in [3.63, 3.8) is 0 Å². The van der Waals surface area contributed by atoms with Gasteiger partial charge in [-0.15, -0.1) is 0 Å². The van der Waals surface area contributed by atoms with Crippen molar-refractivity contribution in [1.82, 2.24) is 5.32 Å². The van der Waals surface area contributed by atoms with Gasteiger partial charge < -0.3 is 5.32 Å². The molecule has 0 heterocycles. The Morgan fingerprint density at radius 1 is 1.25 bits per heavy atom. The monoisotopic (exact) mass is 337 g/mol. The molecule has 0 bridgehead atoms. The fourth-order valence-electron chi connectivity index (χ4n) is 2.01. The fraction of sp³-hybridized carbons (Fsp3) is 0.571. The van der Waals surface area contributed by atoms with Gasteiger partial charge in [0.25, 0.3) is 0 Å². The first-order valence-electron chi connectivity index (χ1n) is 6.71. The summed E-state index contributed by atoms with van der Waals surface area (Å²) in [6, 6.07) is 4.65. The molecule has 0 saturated heterocycles. The lowest BCUT2D eigenvalue weighted by Gasteiger charge is -2.19. The third-order valence-corrected chi connectivity index (χ3v) is 6.04. The molecule has 1 aromatic carbocycles. The Morgan fingerprint density at radius 2 is 1.90 bits per heavy atom. The minimum atomic E-state index is -3.47. The predicted molar refractivity (Wildman–Crippen MR) is 85.5 cm³/mol. The van der Waals surface area contributed by atoms with E-state index in [-0.39, 0.29) is 16.0 Å². The molecule has 0 spiro atoms. The molecule has 1 aromatic rings. The van der Waals surface area contributed by atoms with Crippen molar-refractivity contribution in [3.05, 3.63) is 28.2 Å². The molecule has 0 amide bonds. The third-order valence-electron chi connectivity index (χ3n) is 3.16. The highest BCUT2D eigenvalue weighted by Crippen LogP contribution is 2.29. The van der Waals surface area contributed by atoms with Crippen LogP contribution in [-0.2, 0) is 9.84 Å². The minimum absolute atomic E-state index is 0.113.